The Balaban J connectivity index is 0.000000156. The summed E-state index contributed by atoms with van der Waals surface area (Å²) in [5, 5.41) is 6.86. The maximum atomic E-state index is 12.4. The third-order valence-corrected chi connectivity index (χ3v) is 12.2. The van der Waals surface area contributed by atoms with Gasteiger partial charge in [-0.15, -0.1) is 11.8 Å². The highest BCUT2D eigenvalue weighted by Crippen LogP contribution is 2.31. The van der Waals surface area contributed by atoms with Gasteiger partial charge in [-0.25, -0.2) is 28.4 Å². The highest BCUT2D eigenvalue weighted by Gasteiger charge is 2.25. The average molecular weight is 847 g/mol. The molecule has 2 amide bonds. The summed E-state index contributed by atoms with van der Waals surface area (Å²) in [6, 6.07) is 35.2. The fourth-order valence-corrected chi connectivity index (χ4v) is 8.37. The fourth-order valence-electron chi connectivity index (χ4n) is 6.90. The number of hydrogen-bond donors (Lipinski definition) is 2. The van der Waals surface area contributed by atoms with E-state index in [4.69, 9.17) is 4.98 Å². The van der Waals surface area contributed by atoms with E-state index in [1.165, 1.54) is 0 Å². The number of imidazole rings is 2. The molecular formula is C47H42N8O4S2. The van der Waals surface area contributed by atoms with Gasteiger partial charge in [-0.2, -0.15) is 0 Å². The van der Waals surface area contributed by atoms with Crippen LogP contribution in [0.4, 0.5) is 0 Å². The molecule has 0 aliphatic heterocycles. The molecule has 0 saturated heterocycles. The molecular weight excluding hydrogens is 805 g/mol. The Labute approximate surface area is 357 Å². The largest absolute Gasteiger partial charge is 0.349 e. The van der Waals surface area contributed by atoms with E-state index >= 15 is 0 Å². The number of aromatic nitrogens is 6. The van der Waals surface area contributed by atoms with Crippen LogP contribution in [-0.4, -0.2) is 73.1 Å². The molecule has 0 bridgehead atoms. The lowest BCUT2D eigenvalue weighted by molar-refractivity contribution is 0.0942. The van der Waals surface area contributed by atoms with Crippen LogP contribution in [0.3, 0.4) is 0 Å². The van der Waals surface area contributed by atoms with Crippen LogP contribution in [0, 0.1) is 0 Å². The van der Waals surface area contributed by atoms with E-state index in [2.05, 4.69) is 49.0 Å². The highest BCUT2D eigenvalue weighted by molar-refractivity contribution is 7.99. The number of hydrogen-bond acceptors (Lipinski definition) is 9. The van der Waals surface area contributed by atoms with Crippen molar-refractivity contribution in [2.75, 3.05) is 12.0 Å². The van der Waals surface area contributed by atoms with Crippen LogP contribution in [0.1, 0.15) is 53.3 Å². The fraction of sp³-hybridized carbons (Fsp3) is 0.191. The van der Waals surface area contributed by atoms with E-state index in [0.29, 0.717) is 34.6 Å². The molecule has 12 nitrogen and oxygen atoms in total. The van der Waals surface area contributed by atoms with Crippen LogP contribution >= 0.6 is 11.8 Å². The van der Waals surface area contributed by atoms with Crippen molar-refractivity contribution in [2.24, 2.45) is 0 Å². The second-order valence-electron chi connectivity index (χ2n) is 15.1. The zero-order chi connectivity index (χ0) is 42.1. The molecule has 0 atom stereocenters. The van der Waals surface area contributed by atoms with Crippen LogP contribution in [0.2, 0.25) is 0 Å². The molecule has 4 aromatic carbocycles. The van der Waals surface area contributed by atoms with Crippen LogP contribution in [0.5, 0.6) is 0 Å². The van der Waals surface area contributed by atoms with Gasteiger partial charge in [-0.05, 0) is 55.7 Å². The maximum Gasteiger partial charge on any atom is 0.251 e. The minimum absolute atomic E-state index is 0.000567. The Bertz CT molecular complexity index is 3000. The average Bonchev–Trinajstić information content (AvgIpc) is 4.20. The van der Waals surface area contributed by atoms with Crippen molar-refractivity contribution in [2.45, 2.75) is 54.7 Å². The van der Waals surface area contributed by atoms with Gasteiger partial charge in [0.25, 0.3) is 11.8 Å². The molecule has 2 aliphatic carbocycles. The minimum Gasteiger partial charge on any atom is -0.349 e. The standard InChI is InChI=1S/C24H22N4OS.C23H20N4O3S/c1-2-30-24-22-25-14-21(28(22)15-20(27-24)16-6-4-3-5-7-16)17-8-10-18(11-9-17)23(29)26-19-12-13-19;1-31(29,30)23-21-24-13-20(27(21)14-19(26-23)15-5-3-2-4-6-15)16-7-9-17(10-8-16)22(28)25-18-11-12-18/h3-11,14-15,19H,2,12-13H2,1H3,(H,26,29);2-10,13-14,18H,11-12H2,1H3,(H,25,28). The molecule has 0 radical (unpaired) electrons. The SMILES string of the molecule is CCSc1nc(-c2ccccc2)cn2c(-c3ccc(C(=O)NC4CC4)cc3)cnc12.CS(=O)(=O)c1nc(-c2ccccc2)cn2c(-c3ccc(C(=O)NC4CC4)cc3)cnc12. The maximum absolute atomic E-state index is 12.4. The Kier molecular flexibility index (Phi) is 11.0. The van der Waals surface area contributed by atoms with E-state index in [1.54, 1.807) is 40.7 Å². The molecule has 4 heterocycles. The van der Waals surface area contributed by atoms with Gasteiger partial charge in [-0.1, -0.05) is 91.9 Å². The molecule has 2 fully saturated rings. The Morgan fingerprint density at radius 1 is 0.623 bits per heavy atom. The first kappa shape index (κ1) is 39.8. The summed E-state index contributed by atoms with van der Waals surface area (Å²) in [6.07, 6.45) is 12.7. The monoisotopic (exact) mass is 846 g/mol. The summed E-state index contributed by atoms with van der Waals surface area (Å²) in [4.78, 5) is 42.8. The molecule has 2 saturated carbocycles. The van der Waals surface area contributed by atoms with E-state index in [1.807, 2.05) is 97.3 Å². The van der Waals surface area contributed by atoms with Crippen LogP contribution in [-0.2, 0) is 9.84 Å². The molecule has 61 heavy (non-hydrogen) atoms. The van der Waals surface area contributed by atoms with Gasteiger partial charge in [0.15, 0.2) is 26.2 Å². The first-order valence-corrected chi connectivity index (χ1v) is 23.0. The van der Waals surface area contributed by atoms with E-state index in [0.717, 1.165) is 82.0 Å². The molecule has 2 aliphatic rings. The van der Waals surface area contributed by atoms with Gasteiger partial charge >= 0.3 is 0 Å². The van der Waals surface area contributed by atoms with Gasteiger partial charge in [0.1, 0.15) is 5.03 Å². The molecule has 10 rings (SSSR count). The Morgan fingerprint density at radius 3 is 1.51 bits per heavy atom. The molecule has 14 heteroatoms. The van der Waals surface area contributed by atoms with Gasteiger partial charge in [0.2, 0.25) is 0 Å². The lowest BCUT2D eigenvalue weighted by Crippen LogP contribution is -2.25. The summed E-state index contributed by atoms with van der Waals surface area (Å²) < 4.78 is 28.7. The topological polar surface area (TPSA) is 153 Å². The van der Waals surface area contributed by atoms with E-state index in [9.17, 15) is 18.0 Å². The lowest BCUT2D eigenvalue weighted by Gasteiger charge is -2.09. The molecule has 2 N–H and O–H groups in total. The summed E-state index contributed by atoms with van der Waals surface area (Å²) >= 11 is 1.69. The molecule has 4 aromatic heterocycles. The number of amides is 2. The second-order valence-corrected chi connectivity index (χ2v) is 18.3. The van der Waals surface area contributed by atoms with Gasteiger partial charge in [0, 0.05) is 64.1 Å². The summed E-state index contributed by atoms with van der Waals surface area (Å²) in [5.74, 6) is 0.843. The van der Waals surface area contributed by atoms with Crippen LogP contribution in [0.15, 0.2) is 144 Å². The number of sulfone groups is 1. The molecule has 306 valence electrons. The predicted octanol–water partition coefficient (Wildman–Crippen LogP) is 8.43. The third kappa shape index (κ3) is 8.82. The van der Waals surface area contributed by atoms with Crippen LogP contribution < -0.4 is 10.6 Å². The number of carbonyl (C=O) groups excluding carboxylic acids is 2. The molecule has 0 spiro atoms. The van der Waals surface area contributed by atoms with Crippen LogP contribution in [0.25, 0.3) is 56.3 Å². The van der Waals surface area contributed by atoms with Gasteiger partial charge < -0.3 is 10.6 Å². The number of carbonyl (C=O) groups is 2. The second kappa shape index (κ2) is 16.8. The number of thioether (sulfide) groups is 1. The van der Waals surface area contributed by atoms with E-state index < -0.39 is 9.84 Å². The van der Waals surface area contributed by atoms with Crippen molar-refractivity contribution in [3.63, 3.8) is 0 Å². The van der Waals surface area contributed by atoms with Crippen molar-refractivity contribution < 1.29 is 18.0 Å². The Morgan fingerprint density at radius 2 is 1.07 bits per heavy atom. The molecule has 8 aromatic rings. The molecule has 0 unspecified atom stereocenters. The number of rotatable bonds is 11. The van der Waals surface area contributed by atoms with Crippen molar-refractivity contribution >= 4 is 44.7 Å². The van der Waals surface area contributed by atoms with Crippen molar-refractivity contribution in [1.82, 2.24) is 39.4 Å². The summed E-state index contributed by atoms with van der Waals surface area (Å²) in [7, 11) is -3.60. The van der Waals surface area contributed by atoms with E-state index in [-0.39, 0.29) is 22.5 Å². The van der Waals surface area contributed by atoms with Crippen molar-refractivity contribution in [3.8, 4) is 45.0 Å². The van der Waals surface area contributed by atoms with Gasteiger partial charge in [-0.3, -0.25) is 18.4 Å². The number of fused-ring (bicyclic) bond motifs is 2. The first-order valence-electron chi connectivity index (χ1n) is 20.2. The number of nitrogens with one attached hydrogen (secondary N) is 2. The summed E-state index contributed by atoms with van der Waals surface area (Å²) in [5.41, 5.74) is 9.27. The highest BCUT2D eigenvalue weighted by atomic mass is 32.2. The van der Waals surface area contributed by atoms with Crippen molar-refractivity contribution in [3.05, 3.63) is 145 Å². The Hall–Kier alpha value is -6.64. The number of benzene rings is 4. The smallest absolute Gasteiger partial charge is 0.251 e. The van der Waals surface area contributed by atoms with Crippen molar-refractivity contribution in [1.29, 1.82) is 0 Å². The quantitative estimate of drug-likeness (QED) is 0.122. The lowest BCUT2D eigenvalue weighted by atomic mass is 10.1. The number of nitrogens with zero attached hydrogens (tertiary/aromatic N) is 6. The van der Waals surface area contributed by atoms with Gasteiger partial charge in [0.05, 0.1) is 35.2 Å². The third-order valence-electron chi connectivity index (χ3n) is 10.4. The zero-order valence-corrected chi connectivity index (χ0v) is 35.2. The zero-order valence-electron chi connectivity index (χ0n) is 33.5. The summed E-state index contributed by atoms with van der Waals surface area (Å²) in [6.45, 7) is 2.12. The normalized spacial score (nSPS) is 13.7. The first-order chi connectivity index (χ1) is 29.6. The predicted molar refractivity (Wildman–Crippen MR) is 238 cm³/mol. The minimum atomic E-state index is -3.60.